The summed E-state index contributed by atoms with van der Waals surface area (Å²) < 4.78 is 0. The number of carbonyl (C=O) groups is 2. The predicted octanol–water partition coefficient (Wildman–Crippen LogP) is 1.86. The molecule has 0 radical (unpaired) electrons. The minimum Gasteiger partial charge on any atom is -0.356 e. The lowest BCUT2D eigenvalue weighted by Crippen LogP contribution is -2.34. The quantitative estimate of drug-likeness (QED) is 0.718. The largest absolute Gasteiger partial charge is 0.356 e. The molecule has 0 unspecified atom stereocenters. The average molecular weight is 323 g/mol. The molecule has 2 rings (SSSR count). The van der Waals surface area contributed by atoms with Crippen molar-refractivity contribution in [3.63, 3.8) is 0 Å². The van der Waals surface area contributed by atoms with Crippen LogP contribution in [0.4, 0.5) is 0 Å². The van der Waals surface area contributed by atoms with Crippen LogP contribution in [-0.4, -0.2) is 49.4 Å². The Morgan fingerprint density at radius 3 is 2.68 bits per heavy atom. The Balaban J connectivity index is 1.48. The molecular weight excluding hydrogens is 298 g/mol. The van der Waals surface area contributed by atoms with Gasteiger partial charge in [0.15, 0.2) is 0 Å². The molecule has 0 saturated carbocycles. The molecule has 2 heterocycles. The Bertz CT molecular complexity index is 456. The standard InChI is InChI=1S/C16H25N3O2S/c20-15(7-9-18-16(21)14-6-4-13-22-14)17-8-5-12-19-10-2-1-3-11-19/h4,6,13H,1-3,5,7-12H2,(H,17,20)(H,18,21). The van der Waals surface area contributed by atoms with E-state index >= 15 is 0 Å². The van der Waals surface area contributed by atoms with Gasteiger partial charge in [0.2, 0.25) is 5.91 Å². The fourth-order valence-corrected chi connectivity index (χ4v) is 3.23. The van der Waals surface area contributed by atoms with E-state index in [0.29, 0.717) is 24.4 Å². The highest BCUT2D eigenvalue weighted by Gasteiger charge is 2.10. The van der Waals surface area contributed by atoms with E-state index in [1.165, 1.54) is 43.7 Å². The Morgan fingerprint density at radius 1 is 1.14 bits per heavy atom. The van der Waals surface area contributed by atoms with E-state index in [0.717, 1.165) is 13.0 Å². The molecule has 6 heteroatoms. The van der Waals surface area contributed by atoms with E-state index in [1.807, 2.05) is 11.4 Å². The van der Waals surface area contributed by atoms with Crippen LogP contribution in [0.5, 0.6) is 0 Å². The fourth-order valence-electron chi connectivity index (χ4n) is 2.59. The van der Waals surface area contributed by atoms with Gasteiger partial charge in [0, 0.05) is 19.5 Å². The SMILES string of the molecule is O=C(CCNC(=O)c1cccs1)NCCCN1CCCCC1. The minimum atomic E-state index is -0.104. The third-order valence-electron chi connectivity index (χ3n) is 3.80. The molecule has 5 nitrogen and oxygen atoms in total. The summed E-state index contributed by atoms with van der Waals surface area (Å²) in [6, 6.07) is 3.62. The van der Waals surface area contributed by atoms with Crippen LogP contribution in [0, 0.1) is 0 Å². The first-order valence-corrected chi connectivity index (χ1v) is 8.94. The molecule has 1 aromatic rings. The van der Waals surface area contributed by atoms with Crippen molar-refractivity contribution in [2.45, 2.75) is 32.1 Å². The molecule has 0 atom stereocenters. The van der Waals surface area contributed by atoms with Crippen LogP contribution >= 0.6 is 11.3 Å². The molecule has 0 bridgehead atoms. The molecule has 1 aliphatic heterocycles. The first kappa shape index (κ1) is 17.0. The van der Waals surface area contributed by atoms with E-state index in [1.54, 1.807) is 6.07 Å². The number of hydrogen-bond donors (Lipinski definition) is 2. The Hall–Kier alpha value is -1.40. The maximum absolute atomic E-state index is 11.7. The lowest BCUT2D eigenvalue weighted by Gasteiger charge is -2.26. The number of amides is 2. The number of nitrogens with one attached hydrogen (secondary N) is 2. The summed E-state index contributed by atoms with van der Waals surface area (Å²) in [6.45, 7) is 4.56. The van der Waals surface area contributed by atoms with Crippen LogP contribution in [0.3, 0.4) is 0 Å². The van der Waals surface area contributed by atoms with Gasteiger partial charge in [-0.25, -0.2) is 0 Å². The Kier molecular flexibility index (Phi) is 7.39. The van der Waals surface area contributed by atoms with E-state index in [9.17, 15) is 9.59 Å². The van der Waals surface area contributed by atoms with E-state index in [-0.39, 0.29) is 11.8 Å². The lowest BCUT2D eigenvalue weighted by molar-refractivity contribution is -0.120. The number of likely N-dealkylation sites (tertiary alicyclic amines) is 1. The normalized spacial score (nSPS) is 15.5. The maximum Gasteiger partial charge on any atom is 0.261 e. The van der Waals surface area contributed by atoms with Crippen LogP contribution in [0.15, 0.2) is 17.5 Å². The zero-order chi connectivity index (χ0) is 15.6. The van der Waals surface area contributed by atoms with Gasteiger partial charge in [0.1, 0.15) is 0 Å². The van der Waals surface area contributed by atoms with Gasteiger partial charge in [-0.3, -0.25) is 9.59 Å². The molecule has 0 spiro atoms. The molecule has 1 aliphatic rings. The smallest absolute Gasteiger partial charge is 0.261 e. The van der Waals surface area contributed by atoms with Gasteiger partial charge in [-0.05, 0) is 50.3 Å². The number of piperidine rings is 1. The lowest BCUT2D eigenvalue weighted by atomic mass is 10.1. The number of rotatable bonds is 8. The van der Waals surface area contributed by atoms with Gasteiger partial charge < -0.3 is 15.5 Å². The molecule has 122 valence electrons. The Labute approximate surface area is 136 Å². The first-order valence-electron chi connectivity index (χ1n) is 8.06. The van der Waals surface area contributed by atoms with Gasteiger partial charge in [0.25, 0.3) is 5.91 Å². The van der Waals surface area contributed by atoms with Crippen LogP contribution in [0.1, 0.15) is 41.8 Å². The molecule has 22 heavy (non-hydrogen) atoms. The van der Waals surface area contributed by atoms with Gasteiger partial charge in [0.05, 0.1) is 4.88 Å². The highest BCUT2D eigenvalue weighted by molar-refractivity contribution is 7.12. The zero-order valence-corrected chi connectivity index (χ0v) is 13.8. The third-order valence-corrected chi connectivity index (χ3v) is 4.67. The number of thiophene rings is 1. The van der Waals surface area contributed by atoms with Crippen molar-refractivity contribution in [2.24, 2.45) is 0 Å². The second-order valence-electron chi connectivity index (χ2n) is 5.59. The molecule has 0 aliphatic carbocycles. The second-order valence-corrected chi connectivity index (χ2v) is 6.54. The molecule has 1 saturated heterocycles. The summed E-state index contributed by atoms with van der Waals surface area (Å²) in [5.74, 6) is -0.0991. The summed E-state index contributed by atoms with van der Waals surface area (Å²) in [7, 11) is 0. The number of nitrogens with zero attached hydrogens (tertiary/aromatic N) is 1. The first-order chi connectivity index (χ1) is 10.8. The Morgan fingerprint density at radius 2 is 1.95 bits per heavy atom. The zero-order valence-electron chi connectivity index (χ0n) is 13.0. The van der Waals surface area contributed by atoms with Crippen molar-refractivity contribution >= 4 is 23.2 Å². The van der Waals surface area contributed by atoms with Crippen LogP contribution < -0.4 is 10.6 Å². The van der Waals surface area contributed by atoms with Gasteiger partial charge >= 0.3 is 0 Å². The van der Waals surface area contributed by atoms with Crippen LogP contribution in [0.2, 0.25) is 0 Å². The summed E-state index contributed by atoms with van der Waals surface area (Å²) in [4.78, 5) is 26.5. The highest BCUT2D eigenvalue weighted by Crippen LogP contribution is 2.08. The van der Waals surface area contributed by atoms with Gasteiger partial charge in [-0.1, -0.05) is 12.5 Å². The fraction of sp³-hybridized carbons (Fsp3) is 0.625. The highest BCUT2D eigenvalue weighted by atomic mass is 32.1. The molecule has 0 aromatic carbocycles. The van der Waals surface area contributed by atoms with Gasteiger partial charge in [-0.2, -0.15) is 0 Å². The van der Waals surface area contributed by atoms with Gasteiger partial charge in [-0.15, -0.1) is 11.3 Å². The number of carbonyl (C=O) groups excluding carboxylic acids is 2. The topological polar surface area (TPSA) is 61.4 Å². The summed E-state index contributed by atoms with van der Waals surface area (Å²) in [5, 5.41) is 7.54. The van der Waals surface area contributed by atoms with Crippen LogP contribution in [0.25, 0.3) is 0 Å². The van der Waals surface area contributed by atoms with Crippen LogP contribution in [-0.2, 0) is 4.79 Å². The molecule has 1 fully saturated rings. The number of hydrogen-bond acceptors (Lipinski definition) is 4. The monoisotopic (exact) mass is 323 g/mol. The molecule has 2 N–H and O–H groups in total. The molecule has 2 amide bonds. The maximum atomic E-state index is 11.7. The van der Waals surface area contributed by atoms with Crippen molar-refractivity contribution in [3.8, 4) is 0 Å². The summed E-state index contributed by atoms with van der Waals surface area (Å²) in [5.41, 5.74) is 0. The van der Waals surface area contributed by atoms with Crippen molar-refractivity contribution in [1.82, 2.24) is 15.5 Å². The van der Waals surface area contributed by atoms with E-state index in [4.69, 9.17) is 0 Å². The van der Waals surface area contributed by atoms with E-state index < -0.39 is 0 Å². The van der Waals surface area contributed by atoms with Crippen molar-refractivity contribution in [2.75, 3.05) is 32.7 Å². The third kappa shape index (κ3) is 6.15. The summed E-state index contributed by atoms with van der Waals surface area (Å²) in [6.07, 6.45) is 5.28. The van der Waals surface area contributed by atoms with Crippen molar-refractivity contribution in [1.29, 1.82) is 0 Å². The van der Waals surface area contributed by atoms with E-state index in [2.05, 4.69) is 15.5 Å². The predicted molar refractivity (Wildman–Crippen MR) is 89.2 cm³/mol. The molecule has 1 aromatic heterocycles. The van der Waals surface area contributed by atoms with Crippen molar-refractivity contribution < 1.29 is 9.59 Å². The average Bonchev–Trinajstić information content (AvgIpc) is 3.07. The minimum absolute atomic E-state index is 0.00474. The summed E-state index contributed by atoms with van der Waals surface area (Å²) >= 11 is 1.40. The molecular formula is C16H25N3O2S. The second kappa shape index (κ2) is 9.58. The van der Waals surface area contributed by atoms with Crippen molar-refractivity contribution in [3.05, 3.63) is 22.4 Å².